The van der Waals surface area contributed by atoms with E-state index in [1.165, 1.54) is 16.4 Å². The van der Waals surface area contributed by atoms with Gasteiger partial charge in [-0.2, -0.15) is 4.31 Å². The Labute approximate surface area is 134 Å². The summed E-state index contributed by atoms with van der Waals surface area (Å²) in [5.74, 6) is 0.162. The molecule has 1 aliphatic heterocycles. The highest BCUT2D eigenvalue weighted by molar-refractivity contribution is 7.89. The van der Waals surface area contributed by atoms with E-state index in [0.717, 1.165) is 0 Å². The fourth-order valence-corrected chi connectivity index (χ4v) is 4.42. The van der Waals surface area contributed by atoms with Gasteiger partial charge in [-0.25, -0.2) is 8.42 Å². The number of sulfonamides is 1. The molecule has 2 rings (SSSR count). The summed E-state index contributed by atoms with van der Waals surface area (Å²) in [5.41, 5.74) is 6.01. The zero-order valence-electron chi connectivity index (χ0n) is 11.3. The van der Waals surface area contributed by atoms with Crippen molar-refractivity contribution in [1.82, 2.24) is 4.31 Å². The number of halogens is 1. The van der Waals surface area contributed by atoms with Gasteiger partial charge in [0.05, 0.1) is 5.02 Å². The van der Waals surface area contributed by atoms with Gasteiger partial charge in [0.2, 0.25) is 10.0 Å². The number of hydrogen-bond donors (Lipinski definition) is 2. The van der Waals surface area contributed by atoms with Crippen molar-refractivity contribution < 1.29 is 13.5 Å². The quantitative estimate of drug-likeness (QED) is 0.803. The molecular weight excluding hydrogens is 332 g/mol. The molecule has 1 heterocycles. The van der Waals surface area contributed by atoms with E-state index in [9.17, 15) is 8.42 Å². The van der Waals surface area contributed by atoms with E-state index in [1.807, 2.05) is 0 Å². The molecule has 0 aliphatic carbocycles. The van der Waals surface area contributed by atoms with Crippen LogP contribution < -0.4 is 5.73 Å². The Bertz CT molecular complexity index is 641. The third kappa shape index (κ3) is 3.54. The van der Waals surface area contributed by atoms with Gasteiger partial charge in [-0.1, -0.05) is 29.9 Å². The lowest BCUT2D eigenvalue weighted by Gasteiger charge is -2.30. The van der Waals surface area contributed by atoms with Gasteiger partial charge in [0, 0.05) is 25.3 Å². The molecule has 1 fully saturated rings. The number of piperidine rings is 1. The predicted octanol–water partition coefficient (Wildman–Crippen LogP) is 1.37. The molecule has 21 heavy (non-hydrogen) atoms. The van der Waals surface area contributed by atoms with Crippen LogP contribution in [0.3, 0.4) is 0 Å². The molecule has 0 unspecified atom stereocenters. The second kappa shape index (κ2) is 6.58. The number of aliphatic hydroxyl groups excluding tert-OH is 1. The van der Waals surface area contributed by atoms with Gasteiger partial charge >= 0.3 is 0 Å². The molecule has 0 radical (unpaired) electrons. The summed E-state index contributed by atoms with van der Waals surface area (Å²) in [4.78, 5) is 0.152. The standard InChI is InChI=1S/C13H17ClN2O3S2/c14-11-2-1-10(13(15)20)7-12(11)21(18,19)16-5-3-9(8-17)4-6-16/h1-2,7,9,17H,3-6,8H2,(H2,15,20). The fraction of sp³-hybridized carbons (Fsp3) is 0.462. The van der Waals surface area contributed by atoms with E-state index < -0.39 is 10.0 Å². The summed E-state index contributed by atoms with van der Waals surface area (Å²) in [6, 6.07) is 4.50. The Morgan fingerprint density at radius 2 is 2.05 bits per heavy atom. The Hall–Kier alpha value is -0.730. The molecule has 116 valence electrons. The van der Waals surface area contributed by atoms with E-state index in [1.54, 1.807) is 6.07 Å². The van der Waals surface area contributed by atoms with E-state index in [0.29, 0.717) is 31.5 Å². The van der Waals surface area contributed by atoms with Gasteiger partial charge < -0.3 is 10.8 Å². The first kappa shape index (κ1) is 16.6. The summed E-state index contributed by atoms with van der Waals surface area (Å²) >= 11 is 10.9. The van der Waals surface area contributed by atoms with Gasteiger partial charge in [0.1, 0.15) is 9.88 Å². The van der Waals surface area contributed by atoms with Crippen LogP contribution in [0.4, 0.5) is 0 Å². The van der Waals surface area contributed by atoms with Gasteiger partial charge in [-0.3, -0.25) is 0 Å². The molecule has 0 atom stereocenters. The maximum Gasteiger partial charge on any atom is 0.244 e. The molecule has 0 bridgehead atoms. The first-order valence-corrected chi connectivity index (χ1v) is 8.79. The lowest BCUT2D eigenvalue weighted by atomic mass is 10.00. The van der Waals surface area contributed by atoms with Crippen LogP contribution in [0.2, 0.25) is 5.02 Å². The van der Waals surface area contributed by atoms with E-state index in [-0.39, 0.29) is 27.4 Å². The first-order chi connectivity index (χ1) is 9.86. The zero-order chi connectivity index (χ0) is 15.6. The molecular formula is C13H17ClN2O3S2. The lowest BCUT2D eigenvalue weighted by Crippen LogP contribution is -2.39. The lowest BCUT2D eigenvalue weighted by molar-refractivity contribution is 0.170. The number of nitrogens with two attached hydrogens (primary N) is 1. The molecule has 0 amide bonds. The average molecular weight is 349 g/mol. The number of nitrogens with zero attached hydrogens (tertiary/aromatic N) is 1. The van der Waals surface area contributed by atoms with E-state index in [4.69, 9.17) is 34.7 Å². The largest absolute Gasteiger partial charge is 0.396 e. The Morgan fingerprint density at radius 1 is 1.43 bits per heavy atom. The number of rotatable bonds is 4. The molecule has 0 aromatic heterocycles. The summed E-state index contributed by atoms with van der Waals surface area (Å²) in [6.45, 7) is 0.841. The third-order valence-electron chi connectivity index (χ3n) is 3.67. The molecule has 0 saturated carbocycles. The second-order valence-corrected chi connectivity index (χ2v) is 7.79. The SMILES string of the molecule is NC(=S)c1ccc(Cl)c(S(=O)(=O)N2CCC(CO)CC2)c1. The highest BCUT2D eigenvalue weighted by Crippen LogP contribution is 2.29. The van der Waals surface area contributed by atoms with Crippen LogP contribution >= 0.6 is 23.8 Å². The van der Waals surface area contributed by atoms with Gasteiger partial charge in [-0.05, 0) is 30.9 Å². The van der Waals surface area contributed by atoms with Crippen molar-refractivity contribution in [2.75, 3.05) is 19.7 Å². The molecule has 1 aliphatic rings. The summed E-state index contributed by atoms with van der Waals surface area (Å²) in [5, 5.41) is 9.27. The van der Waals surface area contributed by atoms with Crippen molar-refractivity contribution in [2.24, 2.45) is 11.7 Å². The smallest absolute Gasteiger partial charge is 0.244 e. The van der Waals surface area contributed by atoms with Gasteiger partial charge in [0.15, 0.2) is 0 Å². The normalized spacial score (nSPS) is 17.8. The third-order valence-corrected chi connectivity index (χ3v) is 6.28. The highest BCUT2D eigenvalue weighted by atomic mass is 35.5. The number of hydrogen-bond acceptors (Lipinski definition) is 4. The minimum absolute atomic E-state index is 0.0249. The van der Waals surface area contributed by atoms with Crippen molar-refractivity contribution in [3.63, 3.8) is 0 Å². The van der Waals surface area contributed by atoms with Crippen molar-refractivity contribution in [1.29, 1.82) is 0 Å². The van der Waals surface area contributed by atoms with Crippen LogP contribution in [0.5, 0.6) is 0 Å². The Kier molecular flexibility index (Phi) is 5.21. The molecule has 5 nitrogen and oxygen atoms in total. The highest BCUT2D eigenvalue weighted by Gasteiger charge is 2.30. The summed E-state index contributed by atoms with van der Waals surface area (Å²) in [7, 11) is -3.68. The van der Waals surface area contributed by atoms with Crippen LogP contribution in [0, 0.1) is 5.92 Å². The number of thiocarbonyl (C=S) groups is 1. The maximum atomic E-state index is 12.7. The van der Waals surface area contributed by atoms with Crippen molar-refractivity contribution in [3.8, 4) is 0 Å². The topological polar surface area (TPSA) is 83.6 Å². The van der Waals surface area contributed by atoms with Crippen molar-refractivity contribution >= 4 is 38.8 Å². The molecule has 0 spiro atoms. The van der Waals surface area contributed by atoms with Gasteiger partial charge in [-0.15, -0.1) is 0 Å². The first-order valence-electron chi connectivity index (χ1n) is 6.56. The predicted molar refractivity (Wildman–Crippen MR) is 85.9 cm³/mol. The molecule has 1 aromatic carbocycles. The van der Waals surface area contributed by atoms with Crippen LogP contribution in [0.1, 0.15) is 18.4 Å². The fourth-order valence-electron chi connectivity index (χ4n) is 2.33. The Balaban J connectivity index is 2.32. The molecule has 8 heteroatoms. The van der Waals surface area contributed by atoms with Crippen LogP contribution in [-0.2, 0) is 10.0 Å². The minimum atomic E-state index is -3.68. The molecule has 3 N–H and O–H groups in total. The number of aliphatic hydroxyl groups is 1. The molecule has 1 saturated heterocycles. The van der Waals surface area contributed by atoms with Crippen LogP contribution in [0.15, 0.2) is 23.1 Å². The van der Waals surface area contributed by atoms with Crippen LogP contribution in [-0.4, -0.2) is 42.5 Å². The maximum absolute atomic E-state index is 12.7. The Morgan fingerprint density at radius 3 is 2.57 bits per heavy atom. The molecule has 1 aromatic rings. The zero-order valence-corrected chi connectivity index (χ0v) is 13.7. The number of benzene rings is 1. The van der Waals surface area contributed by atoms with Crippen molar-refractivity contribution in [3.05, 3.63) is 28.8 Å². The van der Waals surface area contributed by atoms with Crippen molar-refractivity contribution in [2.45, 2.75) is 17.7 Å². The van der Waals surface area contributed by atoms with Gasteiger partial charge in [0.25, 0.3) is 0 Å². The second-order valence-electron chi connectivity index (χ2n) is 5.04. The summed E-state index contributed by atoms with van der Waals surface area (Å²) in [6.07, 6.45) is 1.28. The minimum Gasteiger partial charge on any atom is -0.396 e. The van der Waals surface area contributed by atoms with E-state index >= 15 is 0 Å². The average Bonchev–Trinajstić information content (AvgIpc) is 2.47. The van der Waals surface area contributed by atoms with Crippen LogP contribution in [0.25, 0.3) is 0 Å². The monoisotopic (exact) mass is 348 g/mol. The van der Waals surface area contributed by atoms with E-state index in [2.05, 4.69) is 0 Å². The summed E-state index contributed by atoms with van der Waals surface area (Å²) < 4.78 is 26.7.